The van der Waals surface area contributed by atoms with Crippen LogP contribution in [0, 0.1) is 18.3 Å². The largest absolute Gasteiger partial charge is 0.490 e. The fraction of sp³-hybridized carbons (Fsp3) is 0.267. The van der Waals surface area contributed by atoms with E-state index in [1.54, 1.807) is 13.0 Å². The number of ether oxygens (including phenoxy) is 2. The highest BCUT2D eigenvalue weighted by Gasteiger charge is 2.12. The molecule has 1 aromatic carbocycles. The van der Waals surface area contributed by atoms with Crippen LogP contribution in [-0.4, -0.2) is 23.2 Å². The number of rotatable bonds is 1. The minimum Gasteiger partial charge on any atom is -0.490 e. The predicted molar refractivity (Wildman–Crippen MR) is 72.5 cm³/mol. The van der Waals surface area contributed by atoms with E-state index < -0.39 is 0 Å². The van der Waals surface area contributed by atoms with Gasteiger partial charge in [0.15, 0.2) is 11.5 Å². The van der Waals surface area contributed by atoms with E-state index in [0.29, 0.717) is 30.4 Å². The Hall–Kier alpha value is -2.61. The fourth-order valence-electron chi connectivity index (χ4n) is 2.10. The molecule has 0 saturated carbocycles. The third kappa shape index (κ3) is 2.41. The van der Waals surface area contributed by atoms with Gasteiger partial charge < -0.3 is 9.47 Å². The standard InChI is InChI=1S/C15H13N3O2/c1-10-17-12(9-16)8-13(18-10)11-3-4-14-15(7-11)20-6-2-5-19-14/h3-4,7-8H,2,5-6H2,1H3. The molecule has 1 aromatic heterocycles. The summed E-state index contributed by atoms with van der Waals surface area (Å²) in [7, 11) is 0. The molecule has 0 amide bonds. The molecule has 3 rings (SSSR count). The molecule has 1 aliphatic rings. The molecule has 0 saturated heterocycles. The average Bonchev–Trinajstić information content (AvgIpc) is 2.70. The normalized spacial score (nSPS) is 13.4. The summed E-state index contributed by atoms with van der Waals surface area (Å²) < 4.78 is 11.3. The minimum absolute atomic E-state index is 0.361. The Labute approximate surface area is 116 Å². The van der Waals surface area contributed by atoms with Crippen molar-refractivity contribution in [3.05, 3.63) is 35.8 Å². The zero-order valence-corrected chi connectivity index (χ0v) is 11.1. The third-order valence-corrected chi connectivity index (χ3v) is 3.00. The van der Waals surface area contributed by atoms with E-state index in [9.17, 15) is 0 Å². The van der Waals surface area contributed by atoms with E-state index in [1.165, 1.54) is 0 Å². The van der Waals surface area contributed by atoms with Crippen LogP contribution in [0.3, 0.4) is 0 Å². The van der Waals surface area contributed by atoms with Gasteiger partial charge in [-0.1, -0.05) is 0 Å². The molecule has 0 unspecified atom stereocenters. The van der Waals surface area contributed by atoms with Gasteiger partial charge in [-0.05, 0) is 25.1 Å². The minimum atomic E-state index is 0.361. The third-order valence-electron chi connectivity index (χ3n) is 3.00. The molecule has 0 radical (unpaired) electrons. The predicted octanol–water partition coefficient (Wildman–Crippen LogP) is 2.49. The van der Waals surface area contributed by atoms with Crippen molar-refractivity contribution in [3.63, 3.8) is 0 Å². The van der Waals surface area contributed by atoms with Crippen LogP contribution in [0.1, 0.15) is 17.9 Å². The molecule has 100 valence electrons. The number of benzene rings is 1. The molecule has 0 bridgehead atoms. The van der Waals surface area contributed by atoms with E-state index in [2.05, 4.69) is 9.97 Å². The lowest BCUT2D eigenvalue weighted by atomic mass is 10.1. The van der Waals surface area contributed by atoms with Crippen molar-refractivity contribution in [1.82, 2.24) is 9.97 Å². The second-order valence-corrected chi connectivity index (χ2v) is 4.51. The van der Waals surface area contributed by atoms with E-state index in [0.717, 1.165) is 23.5 Å². The van der Waals surface area contributed by atoms with Crippen molar-refractivity contribution < 1.29 is 9.47 Å². The Morgan fingerprint density at radius 2 is 1.90 bits per heavy atom. The molecule has 2 heterocycles. The highest BCUT2D eigenvalue weighted by molar-refractivity contribution is 5.64. The van der Waals surface area contributed by atoms with Gasteiger partial charge in [0.05, 0.1) is 18.9 Å². The molecule has 20 heavy (non-hydrogen) atoms. The Balaban J connectivity index is 2.05. The lowest BCUT2D eigenvalue weighted by Gasteiger charge is -2.09. The van der Waals surface area contributed by atoms with Crippen LogP contribution in [0.4, 0.5) is 0 Å². The van der Waals surface area contributed by atoms with Crippen molar-refractivity contribution in [3.8, 4) is 28.8 Å². The van der Waals surface area contributed by atoms with Gasteiger partial charge in [0.25, 0.3) is 0 Å². The van der Waals surface area contributed by atoms with Crippen LogP contribution in [0.25, 0.3) is 11.3 Å². The van der Waals surface area contributed by atoms with Gasteiger partial charge in [-0.2, -0.15) is 5.26 Å². The second-order valence-electron chi connectivity index (χ2n) is 4.51. The smallest absolute Gasteiger partial charge is 0.161 e. The number of aryl methyl sites for hydroxylation is 1. The van der Waals surface area contributed by atoms with Crippen molar-refractivity contribution in [2.24, 2.45) is 0 Å². The van der Waals surface area contributed by atoms with Crippen LogP contribution >= 0.6 is 0 Å². The average molecular weight is 267 g/mol. The molecular weight excluding hydrogens is 254 g/mol. The summed E-state index contributed by atoms with van der Waals surface area (Å²) in [6.07, 6.45) is 0.870. The van der Waals surface area contributed by atoms with Crippen molar-refractivity contribution in [1.29, 1.82) is 5.26 Å². The topological polar surface area (TPSA) is 68.0 Å². The highest BCUT2D eigenvalue weighted by atomic mass is 16.5. The van der Waals surface area contributed by atoms with Crippen LogP contribution in [0.2, 0.25) is 0 Å². The molecule has 0 atom stereocenters. The van der Waals surface area contributed by atoms with Gasteiger partial charge in [0.2, 0.25) is 0 Å². The Bertz CT molecular complexity index is 692. The summed E-state index contributed by atoms with van der Waals surface area (Å²) >= 11 is 0. The van der Waals surface area contributed by atoms with Gasteiger partial charge in [0.1, 0.15) is 17.6 Å². The number of hydrogen-bond acceptors (Lipinski definition) is 5. The number of nitrogens with zero attached hydrogens (tertiary/aromatic N) is 3. The van der Waals surface area contributed by atoms with Crippen LogP contribution in [0.15, 0.2) is 24.3 Å². The molecule has 1 aliphatic heterocycles. The lowest BCUT2D eigenvalue weighted by Crippen LogP contribution is -1.97. The number of fused-ring (bicyclic) bond motifs is 1. The number of hydrogen-bond donors (Lipinski definition) is 0. The first-order valence-corrected chi connectivity index (χ1v) is 6.42. The zero-order chi connectivity index (χ0) is 13.9. The van der Waals surface area contributed by atoms with E-state index in [1.807, 2.05) is 24.3 Å². The molecule has 0 N–H and O–H groups in total. The van der Waals surface area contributed by atoms with Crippen molar-refractivity contribution in [2.75, 3.05) is 13.2 Å². The summed E-state index contributed by atoms with van der Waals surface area (Å²) in [6, 6.07) is 9.40. The monoisotopic (exact) mass is 267 g/mol. The van der Waals surface area contributed by atoms with Gasteiger partial charge in [0, 0.05) is 18.1 Å². The van der Waals surface area contributed by atoms with Crippen molar-refractivity contribution in [2.45, 2.75) is 13.3 Å². The molecule has 2 aromatic rings. The Kier molecular flexibility index (Phi) is 3.21. The Morgan fingerprint density at radius 3 is 2.70 bits per heavy atom. The first-order valence-electron chi connectivity index (χ1n) is 6.42. The number of nitriles is 1. The van der Waals surface area contributed by atoms with Crippen LogP contribution in [0.5, 0.6) is 11.5 Å². The summed E-state index contributed by atoms with van der Waals surface area (Å²) in [6.45, 7) is 3.08. The second kappa shape index (κ2) is 5.17. The van der Waals surface area contributed by atoms with E-state index >= 15 is 0 Å². The van der Waals surface area contributed by atoms with E-state index in [4.69, 9.17) is 14.7 Å². The summed E-state index contributed by atoms with van der Waals surface area (Å²) in [5, 5.41) is 8.98. The summed E-state index contributed by atoms with van der Waals surface area (Å²) in [4.78, 5) is 8.42. The Morgan fingerprint density at radius 1 is 1.10 bits per heavy atom. The molecule has 0 fully saturated rings. The van der Waals surface area contributed by atoms with Crippen molar-refractivity contribution >= 4 is 0 Å². The molecular formula is C15H13N3O2. The maximum atomic E-state index is 8.98. The summed E-state index contributed by atoms with van der Waals surface area (Å²) in [5.41, 5.74) is 1.96. The first-order chi connectivity index (χ1) is 9.76. The highest BCUT2D eigenvalue weighted by Crippen LogP contribution is 2.33. The van der Waals surface area contributed by atoms with Gasteiger partial charge >= 0.3 is 0 Å². The summed E-state index contributed by atoms with van der Waals surface area (Å²) in [5.74, 6) is 2.04. The quantitative estimate of drug-likeness (QED) is 0.794. The van der Waals surface area contributed by atoms with Gasteiger partial charge in [-0.15, -0.1) is 0 Å². The lowest BCUT2D eigenvalue weighted by molar-refractivity contribution is 0.297. The van der Waals surface area contributed by atoms with Crippen LogP contribution in [-0.2, 0) is 0 Å². The fourth-order valence-corrected chi connectivity index (χ4v) is 2.10. The molecule has 0 aliphatic carbocycles. The SMILES string of the molecule is Cc1nc(C#N)cc(-c2ccc3c(c2)OCCCO3)n1. The molecule has 0 spiro atoms. The first kappa shape index (κ1) is 12.4. The molecule has 5 heteroatoms. The zero-order valence-electron chi connectivity index (χ0n) is 11.1. The van der Waals surface area contributed by atoms with Gasteiger partial charge in [-0.25, -0.2) is 9.97 Å². The number of aromatic nitrogens is 2. The van der Waals surface area contributed by atoms with E-state index in [-0.39, 0.29) is 0 Å². The maximum Gasteiger partial charge on any atom is 0.161 e. The van der Waals surface area contributed by atoms with Crippen LogP contribution < -0.4 is 9.47 Å². The molecule has 5 nitrogen and oxygen atoms in total. The maximum absolute atomic E-state index is 8.98. The van der Waals surface area contributed by atoms with Gasteiger partial charge in [-0.3, -0.25) is 0 Å².